The van der Waals surface area contributed by atoms with E-state index in [1.54, 1.807) is 54.0 Å². The van der Waals surface area contributed by atoms with E-state index in [2.05, 4.69) is 99.0 Å². The topological polar surface area (TPSA) is 351 Å². The van der Waals surface area contributed by atoms with E-state index in [0.29, 0.717) is 68.9 Å². The predicted molar refractivity (Wildman–Crippen MR) is 454 cm³/mol. The van der Waals surface area contributed by atoms with Gasteiger partial charge in [-0.1, -0.05) is 34.8 Å². The Bertz CT molecular complexity index is 5530. The van der Waals surface area contributed by atoms with Crippen molar-refractivity contribution in [2.24, 2.45) is 10.7 Å². The molecule has 11 heterocycles. The number of carbonyl (C=O) groups is 2. The van der Waals surface area contributed by atoms with Crippen molar-refractivity contribution >= 4 is 172 Å². The van der Waals surface area contributed by atoms with E-state index in [0.717, 1.165) is 152 Å². The highest BCUT2D eigenvalue weighted by molar-refractivity contribution is 7.92. The fraction of sp³-hybridized carbons (Fsp3) is 0.461. The molecule has 0 saturated carbocycles. The number of carbonyl (C=O) groups excluding carboxylic acids is 2. The minimum Gasteiger partial charge on any atom is -0.383 e. The molecule has 0 spiro atoms. The van der Waals surface area contributed by atoms with Crippen molar-refractivity contribution in [3.05, 3.63) is 130 Å². The molecule has 0 unspecified atom stereocenters. The summed E-state index contributed by atoms with van der Waals surface area (Å²) in [4.78, 5) is 53.5. The van der Waals surface area contributed by atoms with Gasteiger partial charge in [0.25, 0.3) is 0 Å². The molecule has 5 fully saturated rings. The van der Waals surface area contributed by atoms with Crippen LogP contribution in [0.3, 0.4) is 0 Å². The molecule has 606 valence electrons. The van der Waals surface area contributed by atoms with Crippen LogP contribution in [0.4, 0.5) is 45.8 Å². The van der Waals surface area contributed by atoms with Crippen LogP contribution in [0.5, 0.6) is 0 Å². The van der Waals surface area contributed by atoms with Crippen LogP contribution in [0.15, 0.2) is 109 Å². The number of anilines is 8. The molecule has 31 nitrogen and oxygen atoms in total. The van der Waals surface area contributed by atoms with Gasteiger partial charge in [0.05, 0.1) is 83.4 Å². The first-order valence-electron chi connectivity index (χ1n) is 37.3. The average molecular weight is 1670 g/mol. The van der Waals surface area contributed by atoms with Crippen LogP contribution in [0.2, 0.25) is 15.1 Å². The SMILES string of the molecule is CC(=O)N(C)c1cc(N2CCN(S(C)(=O)=O)C(C)(C)C2)c2cn[nH]c2c1.CC(=O)N1CCN(c2cc(Cl)cc3c2CN=C3N)CC1(C)C.CN(c1cc(N2CCN(S(C)(=O)=O)C(C)(C)C2)c2cn[nH]c2c1)S(C)(=O)=O.Clc1cc(N2CCCCC2)c2cn[nH]c2c1.Clc1cc(N2CCN(c3ncccn3)CC2)c2cn[nH]c2c1. The number of sulfonamides is 3. The zero-order chi connectivity index (χ0) is 81.4. The minimum absolute atomic E-state index is 0.0583. The number of amides is 2. The second-order valence-corrected chi connectivity index (χ2v) is 38.3. The van der Waals surface area contributed by atoms with Crippen LogP contribution >= 0.6 is 34.8 Å². The number of piperazine rings is 4. The summed E-state index contributed by atoms with van der Waals surface area (Å²) in [7, 11) is -6.76. The number of hydrogen-bond donors (Lipinski definition) is 5. The molecule has 6 aliphatic heterocycles. The fourth-order valence-corrected chi connectivity index (χ4v) is 19.8. The number of nitrogens with one attached hydrogen (secondary N) is 4. The van der Waals surface area contributed by atoms with Gasteiger partial charge in [-0.25, -0.2) is 35.2 Å². The Morgan fingerprint density at radius 2 is 0.858 bits per heavy atom. The van der Waals surface area contributed by atoms with Gasteiger partial charge in [-0.05, 0) is 128 Å². The van der Waals surface area contributed by atoms with Gasteiger partial charge in [-0.2, -0.15) is 29.0 Å². The number of piperidine rings is 1. The summed E-state index contributed by atoms with van der Waals surface area (Å²) in [6.07, 6.45) is 18.3. The second kappa shape index (κ2) is 33.3. The molecule has 16 rings (SSSR count). The summed E-state index contributed by atoms with van der Waals surface area (Å²) in [5, 5.41) is 34.5. The number of aromatic amines is 4. The van der Waals surface area contributed by atoms with Crippen molar-refractivity contribution in [3.63, 3.8) is 0 Å². The highest BCUT2D eigenvalue weighted by atomic mass is 35.5. The molecule has 0 aliphatic carbocycles. The largest absolute Gasteiger partial charge is 0.383 e. The molecule has 2 amide bonds. The highest BCUT2D eigenvalue weighted by Gasteiger charge is 2.42. The first-order chi connectivity index (χ1) is 53.3. The first kappa shape index (κ1) is 83.1. The molecule has 0 radical (unpaired) electrons. The molecular weight excluding hydrogens is 1570 g/mol. The van der Waals surface area contributed by atoms with E-state index in [4.69, 9.17) is 40.5 Å². The quantitative estimate of drug-likeness (QED) is 0.0804. The molecular formula is C76H100Cl3N23O8S3. The third-order valence-corrected chi connectivity index (χ3v) is 26.4. The van der Waals surface area contributed by atoms with Gasteiger partial charge in [-0.15, -0.1) is 0 Å². The average Bonchev–Trinajstić information content (AvgIpc) is 1.75. The number of H-pyrrole nitrogens is 4. The second-order valence-electron chi connectivity index (χ2n) is 31.2. The van der Waals surface area contributed by atoms with Crippen LogP contribution in [-0.2, 0) is 46.2 Å². The molecule has 37 heteroatoms. The number of amidine groups is 1. The Labute approximate surface area is 674 Å². The maximum absolute atomic E-state index is 12.1. The van der Waals surface area contributed by atoms with Gasteiger partial charge in [-0.3, -0.25) is 39.3 Å². The van der Waals surface area contributed by atoms with Crippen molar-refractivity contribution in [1.82, 2.24) is 64.3 Å². The van der Waals surface area contributed by atoms with Crippen LogP contribution in [0.1, 0.15) is 85.8 Å². The van der Waals surface area contributed by atoms with Crippen LogP contribution < -0.4 is 44.3 Å². The normalized spacial score (nSPS) is 18.0. The smallest absolute Gasteiger partial charge is 0.231 e. The van der Waals surface area contributed by atoms with Crippen molar-refractivity contribution < 1.29 is 34.8 Å². The van der Waals surface area contributed by atoms with Gasteiger partial charge in [0.15, 0.2) is 0 Å². The molecule has 0 bridgehead atoms. The van der Waals surface area contributed by atoms with Gasteiger partial charge < -0.3 is 44.9 Å². The van der Waals surface area contributed by atoms with E-state index >= 15 is 0 Å². The summed E-state index contributed by atoms with van der Waals surface area (Å²) in [6.45, 7) is 26.5. The third kappa shape index (κ3) is 18.8. The monoisotopic (exact) mass is 1660 g/mol. The van der Waals surface area contributed by atoms with Crippen LogP contribution in [0.25, 0.3) is 43.6 Å². The number of fused-ring (bicyclic) bond motifs is 5. The molecule has 5 aromatic heterocycles. The molecule has 5 aromatic carbocycles. The Balaban J connectivity index is 0.000000132. The highest BCUT2D eigenvalue weighted by Crippen LogP contribution is 2.40. The van der Waals surface area contributed by atoms with Crippen molar-refractivity contribution in [3.8, 4) is 0 Å². The van der Waals surface area contributed by atoms with Gasteiger partial charge in [0, 0.05) is 231 Å². The van der Waals surface area contributed by atoms with E-state index < -0.39 is 41.1 Å². The number of rotatable bonds is 11. The predicted octanol–water partition coefficient (Wildman–Crippen LogP) is 9.77. The molecule has 6 aliphatic rings. The van der Waals surface area contributed by atoms with Gasteiger partial charge in [0.2, 0.25) is 47.8 Å². The Kier molecular flexibility index (Phi) is 24.5. The lowest BCUT2D eigenvalue weighted by Gasteiger charge is -2.48. The molecule has 113 heavy (non-hydrogen) atoms. The summed E-state index contributed by atoms with van der Waals surface area (Å²) < 4.78 is 76.5. The lowest BCUT2D eigenvalue weighted by Crippen LogP contribution is -2.60. The third-order valence-electron chi connectivity index (χ3n) is 21.6. The zero-order valence-electron chi connectivity index (χ0n) is 66.0. The number of nitrogens with zero attached hydrogens (tertiary/aromatic N) is 18. The van der Waals surface area contributed by atoms with Crippen LogP contribution in [-0.4, -0.2) is 255 Å². The summed E-state index contributed by atoms with van der Waals surface area (Å²) in [5.41, 5.74) is 16.7. The molecule has 6 N–H and O–H groups in total. The van der Waals surface area contributed by atoms with Crippen LogP contribution in [0, 0.1) is 0 Å². The van der Waals surface area contributed by atoms with E-state index in [9.17, 15) is 34.8 Å². The Morgan fingerprint density at radius 3 is 1.30 bits per heavy atom. The van der Waals surface area contributed by atoms with E-state index in [-0.39, 0.29) is 17.4 Å². The Morgan fingerprint density at radius 1 is 0.469 bits per heavy atom. The summed E-state index contributed by atoms with van der Waals surface area (Å²) in [6, 6.07) is 21.0. The molecule has 0 atom stereocenters. The summed E-state index contributed by atoms with van der Waals surface area (Å²) >= 11 is 18.6. The van der Waals surface area contributed by atoms with Crippen molar-refractivity contribution in [1.29, 1.82) is 0 Å². The van der Waals surface area contributed by atoms with E-state index in [1.165, 1.54) is 65.4 Å². The number of aromatic nitrogens is 10. The first-order valence-corrected chi connectivity index (χ1v) is 43.9. The zero-order valence-corrected chi connectivity index (χ0v) is 70.7. The number of benzene rings is 5. The molecule has 10 aromatic rings. The fourth-order valence-electron chi connectivity index (χ4n) is 16.0. The number of hydrogen-bond acceptors (Lipinski definition) is 22. The van der Waals surface area contributed by atoms with Crippen molar-refractivity contribution in [2.45, 2.75) is 97.8 Å². The summed E-state index contributed by atoms with van der Waals surface area (Å²) in [5.74, 6) is 1.41. The number of nitrogens with two attached hydrogens (primary N) is 1. The number of halogens is 3. The Hall–Kier alpha value is -9.29. The maximum Gasteiger partial charge on any atom is 0.231 e. The van der Waals surface area contributed by atoms with Gasteiger partial charge in [0.1, 0.15) is 5.84 Å². The maximum atomic E-state index is 12.1. The minimum atomic E-state index is -3.41. The number of aliphatic imine (C=N–C) groups is 1. The lowest BCUT2D eigenvalue weighted by molar-refractivity contribution is -0.134. The van der Waals surface area contributed by atoms with Crippen molar-refractivity contribution in [2.75, 3.05) is 170 Å². The molecule has 5 saturated heterocycles. The lowest BCUT2D eigenvalue weighted by atomic mass is 9.96. The van der Waals surface area contributed by atoms with E-state index in [1.807, 2.05) is 106 Å². The standard InChI is InChI=1S/C17H25N5O3S.C16H21ClN4O.C16H25N5O4S2.C15H15ClN6.C12H14ClN3/c1-12(23)20(4)13-8-15-14(10-18-19-15)16(9-13)21-6-7-22(26(5,24)25)17(2,3)11-21;1-10(22)21-5-4-20(9-16(21,2)3)14-7-11(17)6-12-13(14)8-19-15(12)18;1-16(2)11-20(6-7-21(16)27(5,24)25)15-9-12(19(3)26(4,22)23)8-14-13(15)10-17-18-14;16-11-8-13-12(10-19-20-13)14(9-11)21-4-6-22(7-5-21)15-17-2-1-3-18-15;13-9-6-11-10(8-14-15-11)12(7-9)16-4-2-1-3-5-16/h8-10H,6-7,11H2,1-5H3,(H,18,19);6-7H,4-5,8-9H2,1-3H3,(H2,18,19);8-10H,6-7,11H2,1-5H3,(H,17,18);1-3,8-10H,4-7H2,(H,19,20);6-8H,1-5H2,(H,14,15). The van der Waals surface area contributed by atoms with Gasteiger partial charge >= 0.3 is 0 Å².